The summed E-state index contributed by atoms with van der Waals surface area (Å²) in [5, 5.41) is -0.917. The highest BCUT2D eigenvalue weighted by molar-refractivity contribution is 6.30. The third kappa shape index (κ3) is 5.52. The first kappa shape index (κ1) is 27.2. The molecule has 0 heterocycles. The number of benzene rings is 4. The molecule has 0 amide bonds. The van der Waals surface area contributed by atoms with E-state index in [1.165, 1.54) is 36.4 Å². The number of alkyl halides is 2. The fourth-order valence-electron chi connectivity index (χ4n) is 3.65. The molecule has 0 spiro atoms. The minimum atomic E-state index is -4.33. The molecular formula is C28H15ClF8O. The first-order valence-corrected chi connectivity index (χ1v) is 11.2. The fraction of sp³-hybridized carbons (Fsp3) is 0.0714. The predicted octanol–water partition coefficient (Wildman–Crippen LogP) is 9.99. The van der Waals surface area contributed by atoms with Crippen molar-refractivity contribution in [2.45, 2.75) is 13.0 Å². The summed E-state index contributed by atoms with van der Waals surface area (Å²) in [7, 11) is 0. The van der Waals surface area contributed by atoms with Gasteiger partial charge in [-0.2, -0.15) is 8.78 Å². The Morgan fingerprint density at radius 2 is 1.24 bits per heavy atom. The molecule has 0 radical (unpaired) electrons. The van der Waals surface area contributed by atoms with Crippen LogP contribution in [-0.2, 0) is 6.11 Å². The second kappa shape index (κ2) is 10.5. The molecule has 38 heavy (non-hydrogen) atoms. The van der Waals surface area contributed by atoms with Crippen LogP contribution in [0.15, 0.2) is 78.6 Å². The SMILES string of the molecule is CC(F)=C(F)c1ccc(-c2ccc(-c3ccc(C(F)(F)Oc4cc(F)c(Cl)c(F)c4)c(F)c3)c(F)c2)cc1. The van der Waals surface area contributed by atoms with E-state index in [1.54, 1.807) is 0 Å². The number of hydrogen-bond donors (Lipinski definition) is 0. The summed E-state index contributed by atoms with van der Waals surface area (Å²) in [5.41, 5.74) is -0.567. The average Bonchev–Trinajstić information content (AvgIpc) is 2.86. The lowest BCUT2D eigenvalue weighted by molar-refractivity contribution is -0.187. The minimum absolute atomic E-state index is 0.00789. The van der Waals surface area contributed by atoms with Crippen molar-refractivity contribution in [1.82, 2.24) is 0 Å². The van der Waals surface area contributed by atoms with E-state index in [0.29, 0.717) is 35.4 Å². The molecule has 0 aliphatic rings. The van der Waals surface area contributed by atoms with Gasteiger partial charge in [0.1, 0.15) is 39.9 Å². The lowest BCUT2D eigenvalue weighted by atomic mass is 9.98. The Kier molecular flexibility index (Phi) is 7.51. The molecule has 0 saturated carbocycles. The lowest BCUT2D eigenvalue weighted by Gasteiger charge is -2.19. The van der Waals surface area contributed by atoms with E-state index >= 15 is 0 Å². The summed E-state index contributed by atoms with van der Waals surface area (Å²) in [6, 6.07) is 12.7. The zero-order valence-electron chi connectivity index (χ0n) is 19.2. The Morgan fingerprint density at radius 3 is 1.79 bits per heavy atom. The van der Waals surface area contributed by atoms with Gasteiger partial charge in [0.2, 0.25) is 0 Å². The van der Waals surface area contributed by atoms with Crippen LogP contribution < -0.4 is 4.74 Å². The fourth-order valence-corrected chi connectivity index (χ4v) is 3.76. The Bertz CT molecular complexity index is 1520. The molecule has 0 aromatic heterocycles. The van der Waals surface area contributed by atoms with Crippen LogP contribution in [0, 0.1) is 23.3 Å². The van der Waals surface area contributed by atoms with E-state index in [1.807, 2.05) is 0 Å². The second-order valence-electron chi connectivity index (χ2n) is 8.13. The van der Waals surface area contributed by atoms with Crippen LogP contribution in [0.25, 0.3) is 28.1 Å². The number of allylic oxidation sites excluding steroid dienone is 1. The van der Waals surface area contributed by atoms with E-state index in [4.69, 9.17) is 11.6 Å². The average molecular weight is 555 g/mol. The minimum Gasteiger partial charge on any atom is -0.429 e. The van der Waals surface area contributed by atoms with Crippen molar-refractivity contribution >= 4 is 17.4 Å². The summed E-state index contributed by atoms with van der Waals surface area (Å²) in [5.74, 6) is -7.88. The molecule has 0 N–H and O–H groups in total. The molecule has 0 unspecified atom stereocenters. The molecule has 0 aliphatic carbocycles. The standard InChI is InChI=1S/C28H15ClF8O/c1-14(30)27(35)16-4-2-15(3-5-16)17-6-8-20(22(31)10-17)18-7-9-21(23(32)11-18)28(36,37)38-19-12-24(33)26(29)25(34)13-19/h2-13H,1H3. The van der Waals surface area contributed by atoms with Crippen molar-refractivity contribution in [1.29, 1.82) is 0 Å². The Balaban J connectivity index is 1.59. The molecule has 0 saturated heterocycles. The molecule has 4 aromatic carbocycles. The van der Waals surface area contributed by atoms with Gasteiger partial charge in [-0.15, -0.1) is 0 Å². The molecule has 1 nitrogen and oxygen atoms in total. The summed E-state index contributed by atoms with van der Waals surface area (Å²) >= 11 is 5.31. The third-order valence-corrected chi connectivity index (χ3v) is 5.90. The molecule has 0 atom stereocenters. The third-order valence-electron chi connectivity index (χ3n) is 5.54. The Hall–Kier alpha value is -3.85. The van der Waals surface area contributed by atoms with Crippen LogP contribution in [0.2, 0.25) is 5.02 Å². The zero-order valence-corrected chi connectivity index (χ0v) is 20.0. The topological polar surface area (TPSA) is 9.23 Å². The summed E-state index contributed by atoms with van der Waals surface area (Å²) in [4.78, 5) is 0. The summed E-state index contributed by atoms with van der Waals surface area (Å²) in [6.45, 7) is 0.975. The van der Waals surface area contributed by atoms with E-state index in [9.17, 15) is 35.1 Å². The molecule has 4 rings (SSSR count). The predicted molar refractivity (Wildman–Crippen MR) is 128 cm³/mol. The normalized spacial score (nSPS) is 12.4. The molecule has 0 fully saturated rings. The van der Waals surface area contributed by atoms with E-state index < -0.39 is 57.4 Å². The quantitative estimate of drug-likeness (QED) is 0.170. The van der Waals surface area contributed by atoms with Crippen LogP contribution in [-0.4, -0.2) is 0 Å². The van der Waals surface area contributed by atoms with E-state index in [-0.39, 0.29) is 16.7 Å². The maximum atomic E-state index is 14.9. The van der Waals surface area contributed by atoms with Gasteiger partial charge in [0.25, 0.3) is 0 Å². The van der Waals surface area contributed by atoms with Crippen LogP contribution in [0.5, 0.6) is 5.75 Å². The van der Waals surface area contributed by atoms with Gasteiger partial charge in [0.15, 0.2) is 5.83 Å². The highest BCUT2D eigenvalue weighted by Crippen LogP contribution is 2.37. The van der Waals surface area contributed by atoms with Crippen LogP contribution >= 0.6 is 11.6 Å². The number of halogens is 9. The largest absolute Gasteiger partial charge is 0.429 e. The van der Waals surface area contributed by atoms with Crippen molar-refractivity contribution in [2.24, 2.45) is 0 Å². The molecule has 196 valence electrons. The van der Waals surface area contributed by atoms with Crippen LogP contribution in [0.1, 0.15) is 18.1 Å². The van der Waals surface area contributed by atoms with Gasteiger partial charge in [0.05, 0.1) is 5.56 Å². The van der Waals surface area contributed by atoms with Gasteiger partial charge >= 0.3 is 6.11 Å². The monoisotopic (exact) mass is 554 g/mol. The summed E-state index contributed by atoms with van der Waals surface area (Å²) < 4.78 is 117. The van der Waals surface area contributed by atoms with Crippen molar-refractivity contribution < 1.29 is 39.9 Å². The maximum Gasteiger partial charge on any atom is 0.429 e. The van der Waals surface area contributed by atoms with Gasteiger partial charge in [-0.25, -0.2) is 26.3 Å². The van der Waals surface area contributed by atoms with E-state index in [0.717, 1.165) is 19.1 Å². The second-order valence-corrected chi connectivity index (χ2v) is 8.51. The van der Waals surface area contributed by atoms with Crippen molar-refractivity contribution in [3.63, 3.8) is 0 Å². The van der Waals surface area contributed by atoms with Crippen molar-refractivity contribution in [3.8, 4) is 28.0 Å². The molecular weight excluding hydrogens is 540 g/mol. The van der Waals surface area contributed by atoms with Gasteiger partial charge in [-0.3, -0.25) is 0 Å². The van der Waals surface area contributed by atoms with Crippen LogP contribution in [0.4, 0.5) is 35.1 Å². The number of hydrogen-bond acceptors (Lipinski definition) is 1. The van der Waals surface area contributed by atoms with Crippen molar-refractivity contribution in [3.05, 3.63) is 118 Å². The number of ether oxygens (including phenoxy) is 1. The van der Waals surface area contributed by atoms with Gasteiger partial charge in [-0.05, 0) is 41.8 Å². The molecule has 10 heteroatoms. The molecule has 0 bridgehead atoms. The first-order valence-electron chi connectivity index (χ1n) is 10.8. The highest BCUT2D eigenvalue weighted by atomic mass is 35.5. The molecule has 4 aromatic rings. The van der Waals surface area contributed by atoms with E-state index in [2.05, 4.69) is 4.74 Å². The van der Waals surface area contributed by atoms with Gasteiger partial charge < -0.3 is 4.74 Å². The maximum absolute atomic E-state index is 14.9. The van der Waals surface area contributed by atoms with Gasteiger partial charge in [0, 0.05) is 23.3 Å². The smallest absolute Gasteiger partial charge is 0.429 e. The summed E-state index contributed by atoms with van der Waals surface area (Å²) in [6.07, 6.45) is -4.33. The molecule has 0 aliphatic heterocycles. The van der Waals surface area contributed by atoms with Gasteiger partial charge in [-0.1, -0.05) is 54.1 Å². The Morgan fingerprint density at radius 1 is 0.684 bits per heavy atom. The first-order chi connectivity index (χ1) is 17.9. The Labute approximate surface area is 216 Å². The number of rotatable bonds is 6. The van der Waals surface area contributed by atoms with Crippen molar-refractivity contribution in [2.75, 3.05) is 0 Å². The zero-order chi connectivity index (χ0) is 27.8. The highest BCUT2D eigenvalue weighted by Gasteiger charge is 2.38. The lowest BCUT2D eigenvalue weighted by Crippen LogP contribution is -2.23. The van der Waals surface area contributed by atoms with Crippen LogP contribution in [0.3, 0.4) is 0 Å².